The second-order valence-electron chi connectivity index (χ2n) is 4.53. The molecular weight excluding hydrogens is 248 g/mol. The van der Waals surface area contributed by atoms with Gasteiger partial charge < -0.3 is 20.5 Å². The predicted octanol–water partition coefficient (Wildman–Crippen LogP) is 0.610. The number of aromatic hydroxyl groups is 1. The number of phenols is 1. The Kier molecular flexibility index (Phi) is 3.59. The van der Waals surface area contributed by atoms with Crippen LogP contribution >= 0.6 is 0 Å². The molecule has 0 bridgehead atoms. The molecule has 19 heavy (non-hydrogen) atoms. The van der Waals surface area contributed by atoms with Gasteiger partial charge in [0.2, 0.25) is 0 Å². The lowest BCUT2D eigenvalue weighted by atomic mass is 10.1. The van der Waals surface area contributed by atoms with Crippen LogP contribution in [0, 0.1) is 5.92 Å². The number of rotatable bonds is 2. The Morgan fingerprint density at radius 3 is 2.84 bits per heavy atom. The third-order valence-electron chi connectivity index (χ3n) is 3.29. The van der Waals surface area contributed by atoms with Crippen molar-refractivity contribution < 1.29 is 19.4 Å². The third-order valence-corrected chi connectivity index (χ3v) is 3.29. The van der Waals surface area contributed by atoms with Crippen LogP contribution in [0.5, 0.6) is 5.75 Å². The van der Waals surface area contributed by atoms with E-state index in [2.05, 4.69) is 4.74 Å². The molecule has 1 saturated heterocycles. The van der Waals surface area contributed by atoms with Crippen LogP contribution in [0.4, 0.5) is 5.69 Å². The molecular formula is C13H16N2O4. The second kappa shape index (κ2) is 5.17. The van der Waals surface area contributed by atoms with Crippen molar-refractivity contribution in [2.75, 3.05) is 25.9 Å². The lowest BCUT2D eigenvalue weighted by Gasteiger charge is -2.16. The Labute approximate surface area is 110 Å². The van der Waals surface area contributed by atoms with Crippen molar-refractivity contribution in [3.63, 3.8) is 0 Å². The van der Waals surface area contributed by atoms with E-state index in [-0.39, 0.29) is 29.2 Å². The van der Waals surface area contributed by atoms with E-state index in [4.69, 9.17) is 5.73 Å². The summed E-state index contributed by atoms with van der Waals surface area (Å²) in [6.07, 6.45) is 0.597. The molecule has 1 fully saturated rings. The van der Waals surface area contributed by atoms with Crippen LogP contribution in [-0.4, -0.2) is 42.1 Å². The molecule has 0 saturated carbocycles. The number of carbonyl (C=O) groups is 2. The second-order valence-corrected chi connectivity index (χ2v) is 4.53. The molecule has 0 radical (unpaired) electrons. The van der Waals surface area contributed by atoms with E-state index in [0.29, 0.717) is 25.1 Å². The van der Waals surface area contributed by atoms with Gasteiger partial charge >= 0.3 is 5.97 Å². The first-order valence-electron chi connectivity index (χ1n) is 5.98. The number of nitrogen functional groups attached to an aromatic ring is 1. The van der Waals surface area contributed by atoms with Crippen molar-refractivity contribution in [1.82, 2.24) is 4.90 Å². The van der Waals surface area contributed by atoms with Gasteiger partial charge in [0.05, 0.1) is 18.7 Å². The molecule has 1 atom stereocenters. The first-order chi connectivity index (χ1) is 9.02. The number of carbonyl (C=O) groups excluding carboxylic acids is 2. The summed E-state index contributed by atoms with van der Waals surface area (Å²) in [6.45, 7) is 0.848. The molecule has 1 heterocycles. The number of hydrogen-bond donors (Lipinski definition) is 2. The smallest absolute Gasteiger partial charge is 0.310 e. The van der Waals surface area contributed by atoms with Crippen LogP contribution in [0.2, 0.25) is 0 Å². The molecule has 1 amide bonds. The van der Waals surface area contributed by atoms with Crippen LogP contribution in [-0.2, 0) is 9.53 Å². The zero-order valence-corrected chi connectivity index (χ0v) is 10.6. The maximum absolute atomic E-state index is 12.2. The molecule has 6 nitrogen and oxygen atoms in total. The highest BCUT2D eigenvalue weighted by molar-refractivity contribution is 5.95. The van der Waals surface area contributed by atoms with E-state index < -0.39 is 0 Å². The first-order valence-corrected chi connectivity index (χ1v) is 5.98. The standard InChI is InChI=1S/C13H16N2O4/c1-19-13(18)9-4-5-15(7-9)12(17)8-2-3-10(14)11(16)6-8/h2-3,6,9,16H,4-5,7,14H2,1H3. The van der Waals surface area contributed by atoms with Crippen LogP contribution < -0.4 is 5.73 Å². The number of likely N-dealkylation sites (tertiary alicyclic amines) is 1. The number of nitrogens with two attached hydrogens (primary N) is 1. The predicted molar refractivity (Wildman–Crippen MR) is 68.5 cm³/mol. The number of anilines is 1. The monoisotopic (exact) mass is 264 g/mol. The summed E-state index contributed by atoms with van der Waals surface area (Å²) in [5, 5.41) is 9.50. The van der Waals surface area contributed by atoms with E-state index in [1.807, 2.05) is 0 Å². The minimum Gasteiger partial charge on any atom is -0.506 e. The van der Waals surface area contributed by atoms with Crippen molar-refractivity contribution in [3.05, 3.63) is 23.8 Å². The normalized spacial score (nSPS) is 18.4. The highest BCUT2D eigenvalue weighted by atomic mass is 16.5. The molecule has 0 aliphatic carbocycles. The minimum atomic E-state index is -0.296. The quantitative estimate of drug-likeness (QED) is 0.464. The van der Waals surface area contributed by atoms with Gasteiger partial charge in [-0.3, -0.25) is 9.59 Å². The third kappa shape index (κ3) is 2.62. The van der Waals surface area contributed by atoms with Gasteiger partial charge in [0.15, 0.2) is 0 Å². The molecule has 102 valence electrons. The average molecular weight is 264 g/mol. The van der Waals surface area contributed by atoms with Crippen LogP contribution in [0.15, 0.2) is 18.2 Å². The Balaban J connectivity index is 2.09. The van der Waals surface area contributed by atoms with E-state index in [9.17, 15) is 14.7 Å². The highest BCUT2D eigenvalue weighted by Gasteiger charge is 2.32. The molecule has 1 aliphatic heterocycles. The SMILES string of the molecule is COC(=O)C1CCN(C(=O)c2ccc(N)c(O)c2)C1. The number of esters is 1. The molecule has 0 spiro atoms. The minimum absolute atomic E-state index is 0.116. The zero-order chi connectivity index (χ0) is 14.0. The molecule has 1 unspecified atom stereocenters. The molecule has 1 aliphatic rings. The van der Waals surface area contributed by atoms with Crippen LogP contribution in [0.25, 0.3) is 0 Å². The average Bonchev–Trinajstić information content (AvgIpc) is 2.89. The van der Waals surface area contributed by atoms with Crippen molar-refractivity contribution >= 4 is 17.6 Å². The van der Waals surface area contributed by atoms with Gasteiger partial charge in [0, 0.05) is 18.7 Å². The fraction of sp³-hybridized carbons (Fsp3) is 0.385. The lowest BCUT2D eigenvalue weighted by Crippen LogP contribution is -2.30. The van der Waals surface area contributed by atoms with Crippen molar-refractivity contribution in [1.29, 1.82) is 0 Å². The first kappa shape index (κ1) is 13.2. The molecule has 0 aromatic heterocycles. The Morgan fingerprint density at radius 1 is 1.47 bits per heavy atom. The maximum Gasteiger partial charge on any atom is 0.310 e. The van der Waals surface area contributed by atoms with Gasteiger partial charge in [0.25, 0.3) is 5.91 Å². The molecule has 1 aromatic carbocycles. The van der Waals surface area contributed by atoms with Crippen LogP contribution in [0.1, 0.15) is 16.8 Å². The number of ether oxygens (including phenoxy) is 1. The summed E-state index contributed by atoms with van der Waals surface area (Å²) in [6, 6.07) is 4.38. The number of methoxy groups -OCH3 is 1. The number of amides is 1. The van der Waals surface area contributed by atoms with Crippen molar-refractivity contribution in [3.8, 4) is 5.75 Å². The van der Waals surface area contributed by atoms with E-state index >= 15 is 0 Å². The van der Waals surface area contributed by atoms with E-state index in [1.165, 1.54) is 19.2 Å². The summed E-state index contributed by atoms with van der Waals surface area (Å²) < 4.78 is 4.67. The van der Waals surface area contributed by atoms with Gasteiger partial charge in [-0.2, -0.15) is 0 Å². The largest absolute Gasteiger partial charge is 0.506 e. The summed E-state index contributed by atoms with van der Waals surface area (Å²) in [5.74, 6) is -0.900. The van der Waals surface area contributed by atoms with Crippen molar-refractivity contribution in [2.45, 2.75) is 6.42 Å². The molecule has 2 rings (SSSR count). The van der Waals surface area contributed by atoms with E-state index in [1.54, 1.807) is 11.0 Å². The summed E-state index contributed by atoms with van der Waals surface area (Å²) in [7, 11) is 1.34. The Bertz CT molecular complexity index is 515. The topological polar surface area (TPSA) is 92.9 Å². The maximum atomic E-state index is 12.2. The van der Waals surface area contributed by atoms with Gasteiger partial charge in [-0.1, -0.05) is 0 Å². The zero-order valence-electron chi connectivity index (χ0n) is 10.6. The molecule has 3 N–H and O–H groups in total. The number of nitrogens with zero attached hydrogens (tertiary/aromatic N) is 1. The Morgan fingerprint density at radius 2 is 2.21 bits per heavy atom. The molecule has 6 heteroatoms. The van der Waals surface area contributed by atoms with Gasteiger partial charge in [-0.05, 0) is 24.6 Å². The summed E-state index contributed by atoms with van der Waals surface area (Å²) in [5.41, 5.74) is 6.07. The number of hydrogen-bond acceptors (Lipinski definition) is 5. The Hall–Kier alpha value is -2.24. The highest BCUT2D eigenvalue weighted by Crippen LogP contribution is 2.24. The van der Waals surface area contributed by atoms with Gasteiger partial charge in [-0.15, -0.1) is 0 Å². The van der Waals surface area contributed by atoms with Gasteiger partial charge in [-0.25, -0.2) is 0 Å². The summed E-state index contributed by atoms with van der Waals surface area (Å²) in [4.78, 5) is 25.2. The van der Waals surface area contributed by atoms with Gasteiger partial charge in [0.1, 0.15) is 5.75 Å². The van der Waals surface area contributed by atoms with Crippen molar-refractivity contribution in [2.24, 2.45) is 5.92 Å². The lowest BCUT2D eigenvalue weighted by molar-refractivity contribution is -0.144. The van der Waals surface area contributed by atoms with Crippen LogP contribution in [0.3, 0.4) is 0 Å². The fourth-order valence-corrected chi connectivity index (χ4v) is 2.16. The van der Waals surface area contributed by atoms with E-state index in [0.717, 1.165) is 0 Å². The number of benzene rings is 1. The molecule has 1 aromatic rings. The number of phenolic OH excluding ortho intramolecular Hbond substituents is 1. The summed E-state index contributed by atoms with van der Waals surface area (Å²) >= 11 is 0. The fourth-order valence-electron chi connectivity index (χ4n) is 2.16.